The van der Waals surface area contributed by atoms with E-state index in [0.717, 1.165) is 11.1 Å². The summed E-state index contributed by atoms with van der Waals surface area (Å²) in [4.78, 5) is 11.6. The Kier molecular flexibility index (Phi) is 6.85. The van der Waals surface area contributed by atoms with Crippen molar-refractivity contribution in [1.82, 2.24) is 0 Å². The molecule has 1 unspecified atom stereocenters. The molecule has 3 rings (SSSR count). The third-order valence-corrected chi connectivity index (χ3v) is 3.90. The lowest BCUT2D eigenvalue weighted by Crippen LogP contribution is -2.15. The van der Waals surface area contributed by atoms with Crippen molar-refractivity contribution in [2.45, 2.75) is 13.2 Å². The van der Waals surface area contributed by atoms with E-state index in [0.29, 0.717) is 18.1 Å². The fraction of sp³-hybridized carbons (Fsp3) is 0.125. The second kappa shape index (κ2) is 9.97. The fourth-order valence-electron chi connectivity index (χ4n) is 2.58. The molecule has 4 heteroatoms. The van der Waals surface area contributed by atoms with E-state index in [4.69, 9.17) is 14.2 Å². The summed E-state index contributed by atoms with van der Waals surface area (Å²) in [5, 5.41) is 0. The number of ether oxygens (including phenoxy) is 3. The fourth-order valence-corrected chi connectivity index (χ4v) is 2.58. The largest absolute Gasteiger partial charge is 0.463 e. The first-order valence-electron chi connectivity index (χ1n) is 9.13. The number of hydrogen-bond donors (Lipinski definition) is 0. The Morgan fingerprint density at radius 2 is 1.50 bits per heavy atom. The predicted octanol–water partition coefficient (Wildman–Crippen LogP) is 5.42. The molecular formula is C24H22O4. The number of benzene rings is 3. The minimum absolute atomic E-state index is 0.336. The van der Waals surface area contributed by atoms with Crippen molar-refractivity contribution in [3.63, 3.8) is 0 Å². The van der Waals surface area contributed by atoms with Crippen LogP contribution in [0.15, 0.2) is 91.0 Å². The average molecular weight is 374 g/mol. The molecule has 0 radical (unpaired) electrons. The smallest absolute Gasteiger partial charge is 0.330 e. The molecule has 0 fully saturated rings. The van der Waals surface area contributed by atoms with E-state index < -0.39 is 12.3 Å². The van der Waals surface area contributed by atoms with Gasteiger partial charge in [0.25, 0.3) is 6.29 Å². The second-order valence-corrected chi connectivity index (χ2v) is 5.91. The summed E-state index contributed by atoms with van der Waals surface area (Å²) in [6.45, 7) is 2.11. The molecule has 0 N–H and O–H groups in total. The molecule has 0 aliphatic heterocycles. The Morgan fingerprint density at radius 3 is 2.21 bits per heavy atom. The minimum Gasteiger partial charge on any atom is -0.463 e. The highest BCUT2D eigenvalue weighted by Gasteiger charge is 2.16. The number of carbonyl (C=O) groups excluding carboxylic acids is 1. The first-order chi connectivity index (χ1) is 13.8. The molecule has 0 amide bonds. The van der Waals surface area contributed by atoms with Crippen molar-refractivity contribution >= 4 is 12.0 Å². The van der Waals surface area contributed by atoms with E-state index in [-0.39, 0.29) is 0 Å². The normalized spacial score (nSPS) is 11.8. The maximum absolute atomic E-state index is 11.6. The molecule has 0 saturated carbocycles. The molecule has 4 nitrogen and oxygen atoms in total. The highest BCUT2D eigenvalue weighted by molar-refractivity contribution is 5.87. The lowest BCUT2D eigenvalue weighted by molar-refractivity contribution is -0.137. The van der Waals surface area contributed by atoms with Crippen LogP contribution in [0.1, 0.15) is 24.3 Å². The standard InChI is InChI=1S/C24H22O4/c1-2-26-23(25)18-17-19-11-9-10-16-22(19)28-24(20-12-5-3-6-13-20)27-21-14-7-4-8-15-21/h3-18,24H,2H2,1H3. The van der Waals surface area contributed by atoms with E-state index in [1.54, 1.807) is 13.0 Å². The molecule has 0 aliphatic carbocycles. The average Bonchev–Trinajstić information content (AvgIpc) is 2.74. The van der Waals surface area contributed by atoms with Gasteiger partial charge < -0.3 is 14.2 Å². The number of esters is 1. The molecule has 0 bridgehead atoms. The van der Waals surface area contributed by atoms with Crippen LogP contribution in [0.2, 0.25) is 0 Å². The van der Waals surface area contributed by atoms with E-state index >= 15 is 0 Å². The quantitative estimate of drug-likeness (QED) is 0.300. The molecule has 0 aliphatic rings. The SMILES string of the molecule is CCOC(=O)C=Cc1ccccc1OC(Oc1ccccc1)c1ccccc1. The van der Waals surface area contributed by atoms with Gasteiger partial charge in [-0.2, -0.15) is 0 Å². The van der Waals surface area contributed by atoms with Gasteiger partial charge in [-0.25, -0.2) is 4.79 Å². The Balaban J connectivity index is 1.86. The molecule has 0 spiro atoms. The van der Waals surface area contributed by atoms with Crippen LogP contribution in [0.3, 0.4) is 0 Å². The number of hydrogen-bond acceptors (Lipinski definition) is 4. The number of rotatable bonds is 8. The molecule has 0 heterocycles. The van der Waals surface area contributed by atoms with E-state index in [9.17, 15) is 4.79 Å². The minimum atomic E-state index is -0.638. The third kappa shape index (κ3) is 5.48. The highest BCUT2D eigenvalue weighted by atomic mass is 16.7. The maximum atomic E-state index is 11.6. The molecule has 0 aromatic heterocycles. The van der Waals surface area contributed by atoms with Crippen molar-refractivity contribution in [2.24, 2.45) is 0 Å². The van der Waals surface area contributed by atoms with Gasteiger partial charge >= 0.3 is 5.97 Å². The van der Waals surface area contributed by atoms with Crippen molar-refractivity contribution in [3.05, 3.63) is 102 Å². The summed E-state index contributed by atoms with van der Waals surface area (Å²) in [6, 6.07) is 26.7. The molecule has 3 aromatic rings. The molecule has 28 heavy (non-hydrogen) atoms. The zero-order chi connectivity index (χ0) is 19.6. The summed E-state index contributed by atoms with van der Waals surface area (Å²) in [5.74, 6) is 0.918. The topological polar surface area (TPSA) is 44.8 Å². The third-order valence-electron chi connectivity index (χ3n) is 3.90. The van der Waals surface area contributed by atoms with Crippen LogP contribution in [0.5, 0.6) is 11.5 Å². The van der Waals surface area contributed by atoms with Gasteiger partial charge in [0.2, 0.25) is 0 Å². The lowest BCUT2D eigenvalue weighted by Gasteiger charge is -2.22. The number of para-hydroxylation sites is 2. The van der Waals surface area contributed by atoms with Gasteiger partial charge in [-0.05, 0) is 31.2 Å². The van der Waals surface area contributed by atoms with Gasteiger partial charge in [-0.15, -0.1) is 0 Å². The zero-order valence-corrected chi connectivity index (χ0v) is 15.7. The highest BCUT2D eigenvalue weighted by Crippen LogP contribution is 2.28. The van der Waals surface area contributed by atoms with E-state index in [1.807, 2.05) is 84.9 Å². The number of carbonyl (C=O) groups is 1. The van der Waals surface area contributed by atoms with Gasteiger partial charge in [0.05, 0.1) is 6.61 Å². The predicted molar refractivity (Wildman–Crippen MR) is 109 cm³/mol. The molecule has 1 atom stereocenters. The Morgan fingerprint density at radius 1 is 0.857 bits per heavy atom. The van der Waals surface area contributed by atoms with Crippen LogP contribution in [0.4, 0.5) is 0 Å². The first kappa shape index (κ1) is 19.2. The molecule has 3 aromatic carbocycles. The van der Waals surface area contributed by atoms with Crippen LogP contribution >= 0.6 is 0 Å². The van der Waals surface area contributed by atoms with Gasteiger partial charge in [0, 0.05) is 17.2 Å². The van der Waals surface area contributed by atoms with E-state index in [1.165, 1.54) is 6.08 Å². The lowest BCUT2D eigenvalue weighted by atomic mass is 10.1. The van der Waals surface area contributed by atoms with E-state index in [2.05, 4.69) is 0 Å². The zero-order valence-electron chi connectivity index (χ0n) is 15.7. The van der Waals surface area contributed by atoms with Crippen LogP contribution in [0, 0.1) is 0 Å². The van der Waals surface area contributed by atoms with Crippen molar-refractivity contribution in [3.8, 4) is 11.5 Å². The van der Waals surface area contributed by atoms with Gasteiger partial charge in [0.15, 0.2) is 0 Å². The maximum Gasteiger partial charge on any atom is 0.330 e. The molecule has 142 valence electrons. The van der Waals surface area contributed by atoms with Crippen LogP contribution < -0.4 is 9.47 Å². The van der Waals surface area contributed by atoms with Crippen LogP contribution in [-0.2, 0) is 9.53 Å². The van der Waals surface area contributed by atoms with Crippen molar-refractivity contribution in [2.75, 3.05) is 6.61 Å². The second-order valence-electron chi connectivity index (χ2n) is 5.91. The summed E-state index contributed by atoms with van der Waals surface area (Å²) < 4.78 is 17.2. The van der Waals surface area contributed by atoms with Gasteiger partial charge in [-0.1, -0.05) is 66.7 Å². The van der Waals surface area contributed by atoms with Crippen LogP contribution in [0.25, 0.3) is 6.08 Å². The summed E-state index contributed by atoms with van der Waals surface area (Å²) in [7, 11) is 0. The Bertz CT molecular complexity index is 904. The van der Waals surface area contributed by atoms with Gasteiger partial charge in [-0.3, -0.25) is 0 Å². The molecule has 0 saturated heterocycles. The Labute approximate surface area is 165 Å². The first-order valence-corrected chi connectivity index (χ1v) is 9.13. The summed E-state index contributed by atoms with van der Waals surface area (Å²) >= 11 is 0. The van der Waals surface area contributed by atoms with Crippen molar-refractivity contribution < 1.29 is 19.0 Å². The summed E-state index contributed by atoms with van der Waals surface area (Å²) in [6.07, 6.45) is 2.43. The summed E-state index contributed by atoms with van der Waals surface area (Å²) in [5.41, 5.74) is 1.64. The Hall–Kier alpha value is -3.53. The van der Waals surface area contributed by atoms with Gasteiger partial charge in [0.1, 0.15) is 11.5 Å². The van der Waals surface area contributed by atoms with Crippen LogP contribution in [-0.4, -0.2) is 12.6 Å². The monoisotopic (exact) mass is 374 g/mol. The molecular weight excluding hydrogens is 352 g/mol. The van der Waals surface area contributed by atoms with Crippen molar-refractivity contribution in [1.29, 1.82) is 0 Å².